The maximum atomic E-state index is 12.5. The Morgan fingerprint density at radius 3 is 2.71 bits per heavy atom. The van der Waals surface area contributed by atoms with Gasteiger partial charge in [-0.25, -0.2) is 8.42 Å². The molecular weight excluding hydrogens is 316 g/mol. The highest BCUT2D eigenvalue weighted by atomic mass is 35.5. The highest BCUT2D eigenvalue weighted by molar-refractivity contribution is 7.91. The van der Waals surface area contributed by atoms with E-state index in [-0.39, 0.29) is 36.3 Å². The molecule has 1 amide bonds. The van der Waals surface area contributed by atoms with E-state index in [1.165, 1.54) is 23.1 Å². The van der Waals surface area contributed by atoms with E-state index >= 15 is 0 Å². The maximum absolute atomic E-state index is 12.5. The second-order valence-corrected chi connectivity index (χ2v) is 7.65. The standard InChI is InChI=1S/C13H17ClN2O4S/c14-11-2-1-9(7-12(11)15)13(18)16(4-5-17)10-3-6-21(19,20)8-10/h1-2,7,10,17H,3-6,8,15H2. The number of aliphatic hydroxyl groups is 1. The molecule has 1 heterocycles. The number of hydrogen-bond donors (Lipinski definition) is 2. The van der Waals surface area contributed by atoms with Gasteiger partial charge in [0.15, 0.2) is 9.84 Å². The summed E-state index contributed by atoms with van der Waals surface area (Å²) in [6.45, 7) is -0.146. The molecule has 8 heteroatoms. The normalized spacial score (nSPS) is 20.4. The predicted molar refractivity (Wildman–Crippen MR) is 81.0 cm³/mol. The largest absolute Gasteiger partial charge is 0.398 e. The fourth-order valence-corrected chi connectivity index (χ4v) is 4.27. The summed E-state index contributed by atoms with van der Waals surface area (Å²) >= 11 is 5.82. The number of amides is 1. The van der Waals surface area contributed by atoms with Gasteiger partial charge in [-0.05, 0) is 24.6 Å². The third kappa shape index (κ3) is 3.66. The molecule has 0 bridgehead atoms. The number of nitrogens with two attached hydrogens (primary N) is 1. The van der Waals surface area contributed by atoms with E-state index in [0.717, 1.165) is 0 Å². The van der Waals surface area contributed by atoms with Crippen molar-refractivity contribution in [2.45, 2.75) is 12.5 Å². The zero-order valence-electron chi connectivity index (χ0n) is 11.3. The predicted octanol–water partition coefficient (Wildman–Crippen LogP) is 0.544. The second kappa shape index (κ2) is 6.21. The van der Waals surface area contributed by atoms with Crippen LogP contribution in [0, 0.1) is 0 Å². The number of anilines is 1. The second-order valence-electron chi connectivity index (χ2n) is 5.02. The first kappa shape index (κ1) is 16.1. The average Bonchev–Trinajstić information content (AvgIpc) is 2.78. The van der Waals surface area contributed by atoms with Gasteiger partial charge in [-0.2, -0.15) is 0 Å². The Hall–Kier alpha value is -1.31. The summed E-state index contributed by atoms with van der Waals surface area (Å²) in [5.41, 5.74) is 6.29. The Kier molecular flexibility index (Phi) is 4.75. The fourth-order valence-electron chi connectivity index (χ4n) is 2.42. The van der Waals surface area contributed by atoms with E-state index in [9.17, 15) is 13.2 Å². The molecule has 1 aromatic carbocycles. The van der Waals surface area contributed by atoms with Crippen molar-refractivity contribution >= 4 is 33.0 Å². The quantitative estimate of drug-likeness (QED) is 0.784. The lowest BCUT2D eigenvalue weighted by Gasteiger charge is -2.27. The topological polar surface area (TPSA) is 101 Å². The van der Waals surface area contributed by atoms with Crippen molar-refractivity contribution in [3.63, 3.8) is 0 Å². The smallest absolute Gasteiger partial charge is 0.254 e. The van der Waals surface area contributed by atoms with Crippen LogP contribution in [0.15, 0.2) is 18.2 Å². The zero-order chi connectivity index (χ0) is 15.6. The number of benzene rings is 1. The van der Waals surface area contributed by atoms with Gasteiger partial charge in [-0.3, -0.25) is 4.79 Å². The van der Waals surface area contributed by atoms with Crippen molar-refractivity contribution in [2.24, 2.45) is 0 Å². The molecule has 3 N–H and O–H groups in total. The van der Waals surface area contributed by atoms with E-state index in [1.807, 2.05) is 0 Å². The number of aliphatic hydroxyl groups excluding tert-OH is 1. The molecular formula is C13H17ClN2O4S. The van der Waals surface area contributed by atoms with Crippen LogP contribution < -0.4 is 5.73 Å². The number of rotatable bonds is 4. The van der Waals surface area contributed by atoms with Gasteiger partial charge >= 0.3 is 0 Å². The third-order valence-electron chi connectivity index (χ3n) is 3.49. The van der Waals surface area contributed by atoms with Gasteiger partial charge in [0.25, 0.3) is 5.91 Å². The lowest BCUT2D eigenvalue weighted by molar-refractivity contribution is 0.0655. The molecule has 1 fully saturated rings. The molecule has 1 aliphatic rings. The van der Waals surface area contributed by atoms with Gasteiger partial charge in [-0.15, -0.1) is 0 Å². The number of sulfone groups is 1. The van der Waals surface area contributed by atoms with Crippen LogP contribution in [-0.4, -0.2) is 55.0 Å². The summed E-state index contributed by atoms with van der Waals surface area (Å²) in [5.74, 6) is -0.355. The number of nitrogens with zero attached hydrogens (tertiary/aromatic N) is 1. The van der Waals surface area contributed by atoms with Crippen molar-refractivity contribution in [3.8, 4) is 0 Å². The summed E-state index contributed by atoms with van der Waals surface area (Å²) in [6, 6.07) is 4.10. The minimum absolute atomic E-state index is 0.0651. The van der Waals surface area contributed by atoms with Crippen LogP contribution in [0.4, 0.5) is 5.69 Å². The van der Waals surface area contributed by atoms with E-state index in [1.54, 1.807) is 0 Å². The summed E-state index contributed by atoms with van der Waals surface area (Å²) < 4.78 is 23.1. The highest BCUT2D eigenvalue weighted by Crippen LogP contribution is 2.23. The van der Waals surface area contributed by atoms with Crippen molar-refractivity contribution in [1.82, 2.24) is 4.90 Å². The van der Waals surface area contributed by atoms with E-state index in [0.29, 0.717) is 17.0 Å². The first-order chi connectivity index (χ1) is 9.84. The van der Waals surface area contributed by atoms with Gasteiger partial charge in [-0.1, -0.05) is 11.6 Å². The minimum Gasteiger partial charge on any atom is -0.398 e. The Morgan fingerprint density at radius 1 is 1.48 bits per heavy atom. The molecule has 0 saturated carbocycles. The van der Waals surface area contributed by atoms with Gasteiger partial charge in [0.2, 0.25) is 0 Å². The molecule has 0 aliphatic carbocycles. The number of hydrogen-bond acceptors (Lipinski definition) is 5. The molecule has 0 aromatic heterocycles. The lowest BCUT2D eigenvalue weighted by atomic mass is 10.1. The van der Waals surface area contributed by atoms with E-state index in [4.69, 9.17) is 22.4 Å². The summed E-state index contributed by atoms with van der Waals surface area (Å²) in [6.07, 6.45) is 0.386. The summed E-state index contributed by atoms with van der Waals surface area (Å²) in [4.78, 5) is 13.9. The first-order valence-electron chi connectivity index (χ1n) is 6.51. The Balaban J connectivity index is 2.25. The van der Waals surface area contributed by atoms with Gasteiger partial charge in [0, 0.05) is 18.2 Å². The Labute approximate surface area is 128 Å². The number of halogens is 1. The molecule has 1 aromatic rings. The van der Waals surface area contributed by atoms with Crippen LogP contribution in [-0.2, 0) is 9.84 Å². The Bertz CT molecular complexity index is 648. The van der Waals surface area contributed by atoms with Crippen LogP contribution >= 0.6 is 11.6 Å². The van der Waals surface area contributed by atoms with Crippen molar-refractivity contribution in [2.75, 3.05) is 30.4 Å². The van der Waals surface area contributed by atoms with Gasteiger partial charge < -0.3 is 15.7 Å². The minimum atomic E-state index is -3.11. The van der Waals surface area contributed by atoms with Crippen LogP contribution in [0.2, 0.25) is 5.02 Å². The monoisotopic (exact) mass is 332 g/mol. The molecule has 1 saturated heterocycles. The summed E-state index contributed by atoms with van der Waals surface area (Å²) in [7, 11) is -3.11. The number of carbonyl (C=O) groups excluding carboxylic acids is 1. The van der Waals surface area contributed by atoms with Crippen LogP contribution in [0.1, 0.15) is 16.8 Å². The van der Waals surface area contributed by atoms with Crippen LogP contribution in [0.5, 0.6) is 0 Å². The first-order valence-corrected chi connectivity index (χ1v) is 8.71. The Morgan fingerprint density at radius 2 is 2.19 bits per heavy atom. The zero-order valence-corrected chi connectivity index (χ0v) is 12.9. The lowest BCUT2D eigenvalue weighted by Crippen LogP contribution is -2.42. The highest BCUT2D eigenvalue weighted by Gasteiger charge is 2.34. The summed E-state index contributed by atoms with van der Waals surface area (Å²) in [5, 5.41) is 9.48. The van der Waals surface area contributed by atoms with E-state index < -0.39 is 15.9 Å². The number of nitrogen functional groups attached to an aromatic ring is 1. The van der Waals surface area contributed by atoms with Crippen LogP contribution in [0.3, 0.4) is 0 Å². The molecule has 21 heavy (non-hydrogen) atoms. The van der Waals surface area contributed by atoms with Crippen molar-refractivity contribution in [3.05, 3.63) is 28.8 Å². The van der Waals surface area contributed by atoms with Crippen molar-refractivity contribution < 1.29 is 18.3 Å². The number of carbonyl (C=O) groups is 1. The third-order valence-corrected chi connectivity index (χ3v) is 5.59. The molecule has 6 nitrogen and oxygen atoms in total. The maximum Gasteiger partial charge on any atom is 0.254 e. The molecule has 0 radical (unpaired) electrons. The SMILES string of the molecule is Nc1cc(C(=O)N(CCO)C2CCS(=O)(=O)C2)ccc1Cl. The molecule has 1 atom stereocenters. The average molecular weight is 333 g/mol. The fraction of sp³-hybridized carbons (Fsp3) is 0.462. The molecule has 2 rings (SSSR count). The molecule has 1 unspecified atom stereocenters. The molecule has 0 spiro atoms. The van der Waals surface area contributed by atoms with E-state index in [2.05, 4.69) is 0 Å². The van der Waals surface area contributed by atoms with Gasteiger partial charge in [0.05, 0.1) is 28.8 Å². The van der Waals surface area contributed by atoms with Crippen molar-refractivity contribution in [1.29, 1.82) is 0 Å². The molecule has 1 aliphatic heterocycles. The molecule has 116 valence electrons. The van der Waals surface area contributed by atoms with Crippen LogP contribution in [0.25, 0.3) is 0 Å². The van der Waals surface area contributed by atoms with Gasteiger partial charge in [0.1, 0.15) is 0 Å².